The number of allylic oxidation sites excluding steroid dienone is 2. The monoisotopic (exact) mass is 465 g/mol. The Bertz CT molecular complexity index is 1100. The molecule has 3 aromatic heterocycles. The summed E-state index contributed by atoms with van der Waals surface area (Å²) in [7, 11) is 1.67. The molecule has 1 N–H and O–H groups in total. The van der Waals surface area contributed by atoms with E-state index in [9.17, 15) is 4.79 Å². The van der Waals surface area contributed by atoms with Crippen molar-refractivity contribution in [2.45, 2.75) is 52.0 Å². The quantitative estimate of drug-likeness (QED) is 0.335. The van der Waals surface area contributed by atoms with Crippen LogP contribution in [0.4, 0.5) is 0 Å². The van der Waals surface area contributed by atoms with Gasteiger partial charge in [0.05, 0.1) is 23.1 Å². The fourth-order valence-electron chi connectivity index (χ4n) is 4.19. The molecule has 0 saturated heterocycles. The van der Waals surface area contributed by atoms with Gasteiger partial charge in [-0.15, -0.1) is 11.3 Å². The van der Waals surface area contributed by atoms with E-state index < -0.39 is 0 Å². The van der Waals surface area contributed by atoms with Gasteiger partial charge in [0.15, 0.2) is 0 Å². The van der Waals surface area contributed by atoms with E-state index >= 15 is 0 Å². The third-order valence-corrected chi connectivity index (χ3v) is 6.88. The van der Waals surface area contributed by atoms with E-state index in [1.54, 1.807) is 37.0 Å². The number of amides is 1. The van der Waals surface area contributed by atoms with Gasteiger partial charge in [-0.25, -0.2) is 4.98 Å². The molecule has 0 aromatic carbocycles. The first kappa shape index (κ1) is 23.3. The fourth-order valence-corrected chi connectivity index (χ4v) is 4.97. The molecule has 0 atom stereocenters. The van der Waals surface area contributed by atoms with Crippen LogP contribution in [0.5, 0.6) is 0 Å². The molecule has 8 heteroatoms. The molecular weight excluding hydrogens is 434 g/mol. The lowest BCUT2D eigenvalue weighted by atomic mass is 9.97. The zero-order chi connectivity index (χ0) is 23.0. The van der Waals surface area contributed by atoms with Crippen LogP contribution in [0.25, 0.3) is 22.1 Å². The minimum Gasteiger partial charge on any atom is -0.385 e. The molecular formula is C25H31N5O2S. The summed E-state index contributed by atoms with van der Waals surface area (Å²) in [6.07, 6.45) is 14.1. The number of nitrogens with one attached hydrogen (secondary N) is 1. The molecule has 7 nitrogen and oxygen atoms in total. The van der Waals surface area contributed by atoms with E-state index in [1.165, 1.54) is 31.3 Å². The second kappa shape index (κ2) is 11.3. The number of carbonyl (C=O) groups excluding carboxylic acids is 1. The van der Waals surface area contributed by atoms with Crippen molar-refractivity contribution in [2.24, 2.45) is 0 Å². The van der Waals surface area contributed by atoms with E-state index in [1.807, 2.05) is 18.4 Å². The zero-order valence-electron chi connectivity index (χ0n) is 19.3. The van der Waals surface area contributed by atoms with Crippen LogP contribution >= 0.6 is 11.3 Å². The topological polar surface area (TPSA) is 81.9 Å². The van der Waals surface area contributed by atoms with Crippen molar-refractivity contribution in [1.29, 1.82) is 0 Å². The first-order valence-corrected chi connectivity index (χ1v) is 12.4. The number of carbonyl (C=O) groups is 1. The molecule has 33 heavy (non-hydrogen) atoms. The first-order chi connectivity index (χ1) is 16.2. The van der Waals surface area contributed by atoms with Crippen molar-refractivity contribution in [3.8, 4) is 22.1 Å². The first-order valence-electron chi connectivity index (χ1n) is 11.5. The van der Waals surface area contributed by atoms with Crippen LogP contribution in [0.1, 0.15) is 54.6 Å². The largest absolute Gasteiger partial charge is 0.385 e. The number of nitrogens with zero attached hydrogens (tertiary/aromatic N) is 4. The van der Waals surface area contributed by atoms with Gasteiger partial charge >= 0.3 is 0 Å². The van der Waals surface area contributed by atoms with Crippen LogP contribution in [-0.2, 0) is 11.3 Å². The molecule has 1 amide bonds. The van der Waals surface area contributed by atoms with Gasteiger partial charge in [-0.05, 0) is 51.5 Å². The highest BCUT2D eigenvalue weighted by atomic mass is 32.1. The molecule has 0 radical (unpaired) electrons. The average molecular weight is 466 g/mol. The van der Waals surface area contributed by atoms with Crippen molar-refractivity contribution in [2.75, 3.05) is 20.3 Å². The smallest absolute Gasteiger partial charge is 0.253 e. The lowest BCUT2D eigenvalue weighted by Crippen LogP contribution is -2.25. The molecule has 174 valence electrons. The highest BCUT2D eigenvalue weighted by Crippen LogP contribution is 2.31. The highest BCUT2D eigenvalue weighted by Gasteiger charge is 2.21. The second-order valence-electron chi connectivity index (χ2n) is 8.27. The van der Waals surface area contributed by atoms with Crippen LogP contribution in [0.2, 0.25) is 0 Å². The lowest BCUT2D eigenvalue weighted by Gasteiger charge is -2.15. The summed E-state index contributed by atoms with van der Waals surface area (Å²) in [5, 5.41) is 5.88. The molecule has 1 aliphatic rings. The summed E-state index contributed by atoms with van der Waals surface area (Å²) in [5.74, 6) is -0.0511. The Morgan fingerprint density at radius 1 is 1.27 bits per heavy atom. The van der Waals surface area contributed by atoms with Gasteiger partial charge in [-0.1, -0.05) is 11.6 Å². The lowest BCUT2D eigenvalue weighted by molar-refractivity contribution is 0.0948. The van der Waals surface area contributed by atoms with Gasteiger partial charge in [0.1, 0.15) is 10.7 Å². The SMILES string of the molecule is COCCCNC(=O)c1cc(-c2csc(-c3cnccn3)n2)n(CCC2=CCCCC2)c1C. The number of aromatic nitrogens is 4. The Labute approximate surface area is 199 Å². The summed E-state index contributed by atoms with van der Waals surface area (Å²) in [4.78, 5) is 26.3. The van der Waals surface area contributed by atoms with E-state index in [-0.39, 0.29) is 5.91 Å². The second-order valence-corrected chi connectivity index (χ2v) is 9.13. The van der Waals surface area contributed by atoms with Gasteiger partial charge in [0.2, 0.25) is 0 Å². The van der Waals surface area contributed by atoms with Gasteiger partial charge in [-0.3, -0.25) is 14.8 Å². The summed E-state index contributed by atoms with van der Waals surface area (Å²) >= 11 is 1.54. The summed E-state index contributed by atoms with van der Waals surface area (Å²) < 4.78 is 7.33. The Balaban J connectivity index is 1.61. The van der Waals surface area contributed by atoms with Crippen LogP contribution in [0, 0.1) is 6.92 Å². The molecule has 3 aromatic rings. The molecule has 0 fully saturated rings. The maximum atomic E-state index is 12.9. The maximum Gasteiger partial charge on any atom is 0.253 e. The molecule has 0 bridgehead atoms. The molecule has 0 saturated carbocycles. The Morgan fingerprint density at radius 3 is 2.94 bits per heavy atom. The highest BCUT2D eigenvalue weighted by molar-refractivity contribution is 7.13. The normalized spacial score (nSPS) is 13.7. The Hall–Kier alpha value is -2.84. The maximum absolute atomic E-state index is 12.9. The summed E-state index contributed by atoms with van der Waals surface area (Å²) in [6.45, 7) is 4.08. The number of thiazole rings is 1. The van der Waals surface area contributed by atoms with E-state index in [0.717, 1.165) is 47.2 Å². The Morgan fingerprint density at radius 2 is 2.18 bits per heavy atom. The summed E-state index contributed by atoms with van der Waals surface area (Å²) in [6, 6.07) is 1.98. The van der Waals surface area contributed by atoms with Gasteiger partial charge in [-0.2, -0.15) is 0 Å². The third-order valence-electron chi connectivity index (χ3n) is 6.01. The molecule has 1 aliphatic carbocycles. The predicted molar refractivity (Wildman–Crippen MR) is 131 cm³/mol. The average Bonchev–Trinajstić information content (AvgIpc) is 3.46. The van der Waals surface area contributed by atoms with Crippen LogP contribution < -0.4 is 5.32 Å². The molecule has 0 aliphatic heterocycles. The van der Waals surface area contributed by atoms with Gasteiger partial charge < -0.3 is 14.6 Å². The summed E-state index contributed by atoms with van der Waals surface area (Å²) in [5.41, 5.74) is 5.78. The van der Waals surface area contributed by atoms with E-state index in [4.69, 9.17) is 9.72 Å². The van der Waals surface area contributed by atoms with Crippen LogP contribution in [0.15, 0.2) is 41.7 Å². The Kier molecular flexibility index (Phi) is 8.01. The number of hydrogen-bond acceptors (Lipinski definition) is 6. The standard InChI is InChI=1S/C25H31N5O2S/c1-18-20(24(31)28-10-6-14-32-2)15-23(30(18)13-9-19-7-4-3-5-8-19)22-17-33-25(29-22)21-16-26-11-12-27-21/h7,11-12,15-17H,3-6,8-10,13-14H2,1-2H3,(H,28,31). The molecule has 4 rings (SSSR count). The third kappa shape index (κ3) is 5.75. The molecule has 0 spiro atoms. The van der Waals surface area contributed by atoms with Crippen molar-refractivity contribution in [3.63, 3.8) is 0 Å². The van der Waals surface area contributed by atoms with Gasteiger partial charge in [0.25, 0.3) is 5.91 Å². The number of methoxy groups -OCH3 is 1. The van der Waals surface area contributed by atoms with Crippen LogP contribution in [-0.4, -0.2) is 45.7 Å². The van der Waals surface area contributed by atoms with Crippen molar-refractivity contribution >= 4 is 17.2 Å². The van der Waals surface area contributed by atoms with Crippen molar-refractivity contribution in [1.82, 2.24) is 24.8 Å². The number of ether oxygens (including phenoxy) is 1. The van der Waals surface area contributed by atoms with E-state index in [0.29, 0.717) is 18.7 Å². The number of rotatable bonds is 10. The number of hydrogen-bond donors (Lipinski definition) is 1. The minimum atomic E-state index is -0.0511. The van der Waals surface area contributed by atoms with Crippen molar-refractivity contribution in [3.05, 3.63) is 52.9 Å². The van der Waals surface area contributed by atoms with E-state index in [2.05, 4.69) is 25.9 Å². The molecule has 0 unspecified atom stereocenters. The van der Waals surface area contributed by atoms with Gasteiger partial charge in [0, 0.05) is 50.3 Å². The predicted octanol–water partition coefficient (Wildman–Crippen LogP) is 5.03. The van der Waals surface area contributed by atoms with Crippen molar-refractivity contribution < 1.29 is 9.53 Å². The fraction of sp³-hybridized carbons (Fsp3) is 0.440. The molecule has 3 heterocycles. The zero-order valence-corrected chi connectivity index (χ0v) is 20.2. The minimum absolute atomic E-state index is 0.0511. The van der Waals surface area contributed by atoms with Crippen LogP contribution in [0.3, 0.4) is 0 Å².